The summed E-state index contributed by atoms with van der Waals surface area (Å²) >= 11 is 0. The van der Waals surface area contributed by atoms with Crippen LogP contribution in [-0.2, 0) is 11.8 Å². The van der Waals surface area contributed by atoms with Gasteiger partial charge in [0.25, 0.3) is 0 Å². The molecule has 0 atom stereocenters. The summed E-state index contributed by atoms with van der Waals surface area (Å²) in [5.41, 5.74) is 4.59. The molecule has 0 bridgehead atoms. The van der Waals surface area contributed by atoms with E-state index in [-0.39, 0.29) is 6.10 Å². The zero-order valence-electron chi connectivity index (χ0n) is 20.5. The first-order valence-electron chi connectivity index (χ1n) is 12.9. The average molecular weight is 474 g/mol. The van der Waals surface area contributed by atoms with Crippen molar-refractivity contribution < 1.29 is 14.6 Å². The Kier molecular flexibility index (Phi) is 7.60. The van der Waals surface area contributed by atoms with Gasteiger partial charge in [-0.1, -0.05) is 37.8 Å². The van der Waals surface area contributed by atoms with Crippen LogP contribution in [0.2, 0.25) is 0 Å². The van der Waals surface area contributed by atoms with E-state index in [0.29, 0.717) is 18.6 Å². The summed E-state index contributed by atoms with van der Waals surface area (Å²) in [5.74, 6) is 0.678. The molecule has 1 saturated carbocycles. The van der Waals surface area contributed by atoms with Crippen LogP contribution < -0.4 is 4.74 Å². The monoisotopic (exact) mass is 473 g/mol. The first-order valence-corrected chi connectivity index (χ1v) is 12.9. The number of fused-ring (bicyclic) bond motifs is 3. The molecule has 1 aliphatic carbocycles. The van der Waals surface area contributed by atoms with Gasteiger partial charge in [0.1, 0.15) is 6.10 Å². The maximum absolute atomic E-state index is 8.80. The molecular weight excluding hydrogens is 438 g/mol. The smallest absolute Gasteiger partial charge is 0.213 e. The predicted octanol–water partition coefficient (Wildman–Crippen LogP) is 6.05. The summed E-state index contributed by atoms with van der Waals surface area (Å²) in [6, 6.07) is 12.6. The van der Waals surface area contributed by atoms with Crippen molar-refractivity contribution in [1.82, 2.24) is 14.5 Å². The molecule has 1 aliphatic rings. The maximum atomic E-state index is 8.80. The Morgan fingerprint density at radius 2 is 1.66 bits per heavy atom. The third kappa shape index (κ3) is 5.49. The van der Waals surface area contributed by atoms with Gasteiger partial charge in [0.15, 0.2) is 0 Å². The van der Waals surface area contributed by atoms with Gasteiger partial charge in [-0.15, -0.1) is 0 Å². The molecule has 0 amide bonds. The topological polar surface area (TPSA) is 69.4 Å². The Labute approximate surface area is 206 Å². The first kappa shape index (κ1) is 23.8. The van der Waals surface area contributed by atoms with Crippen molar-refractivity contribution >= 4 is 21.8 Å². The highest BCUT2D eigenvalue weighted by molar-refractivity contribution is 6.08. The first-order chi connectivity index (χ1) is 17.2. The molecule has 35 heavy (non-hydrogen) atoms. The standard InChI is InChI=1S/C29H35N3O3/c1-32-27-12-13-30-20-26(27)25-10-8-21(16-28(25)32)22-9-11-29(31-19-22)35-24-17-23(18-24)34-15-7-5-3-2-4-6-14-33/h8-13,16,19-20,23-24,33H,2-7,14-15,17-18H2,1H3/t23-,24-. The van der Waals surface area contributed by atoms with E-state index in [1.807, 2.05) is 24.7 Å². The van der Waals surface area contributed by atoms with Gasteiger partial charge in [-0.05, 0) is 36.6 Å². The minimum absolute atomic E-state index is 0.192. The van der Waals surface area contributed by atoms with Gasteiger partial charge in [-0.3, -0.25) is 4.98 Å². The molecule has 0 saturated heterocycles. The highest BCUT2D eigenvalue weighted by Gasteiger charge is 2.31. The molecule has 4 aromatic rings. The van der Waals surface area contributed by atoms with E-state index in [2.05, 4.69) is 51.9 Å². The normalized spacial score (nSPS) is 17.7. The van der Waals surface area contributed by atoms with Crippen LogP contribution >= 0.6 is 0 Å². The van der Waals surface area contributed by atoms with Crippen LogP contribution in [0.4, 0.5) is 0 Å². The third-order valence-electron chi connectivity index (χ3n) is 7.12. The second-order valence-electron chi connectivity index (χ2n) is 9.62. The number of rotatable bonds is 12. The number of nitrogens with zero attached hydrogens (tertiary/aromatic N) is 3. The van der Waals surface area contributed by atoms with E-state index in [1.165, 1.54) is 41.1 Å². The summed E-state index contributed by atoms with van der Waals surface area (Å²) in [4.78, 5) is 8.86. The lowest BCUT2D eigenvalue weighted by atomic mass is 9.92. The Morgan fingerprint density at radius 1 is 0.857 bits per heavy atom. The minimum atomic E-state index is 0.192. The summed E-state index contributed by atoms with van der Waals surface area (Å²) in [6.45, 7) is 1.15. The van der Waals surface area contributed by atoms with E-state index in [9.17, 15) is 0 Å². The number of pyridine rings is 2. The zero-order valence-corrected chi connectivity index (χ0v) is 20.5. The van der Waals surface area contributed by atoms with E-state index in [0.717, 1.165) is 49.8 Å². The average Bonchev–Trinajstić information content (AvgIpc) is 3.16. The molecule has 0 radical (unpaired) electrons. The lowest BCUT2D eigenvalue weighted by molar-refractivity contribution is -0.0627. The van der Waals surface area contributed by atoms with Crippen molar-refractivity contribution in [1.29, 1.82) is 0 Å². The van der Waals surface area contributed by atoms with Crippen LogP contribution in [0.5, 0.6) is 5.88 Å². The Hall–Kier alpha value is -2.96. The highest BCUT2D eigenvalue weighted by atomic mass is 16.5. The lowest BCUT2D eigenvalue weighted by Crippen LogP contribution is -2.39. The van der Waals surface area contributed by atoms with Gasteiger partial charge >= 0.3 is 0 Å². The molecule has 1 aromatic carbocycles. The second kappa shape index (κ2) is 11.2. The van der Waals surface area contributed by atoms with Crippen molar-refractivity contribution in [3.8, 4) is 17.0 Å². The van der Waals surface area contributed by atoms with Gasteiger partial charge in [0.05, 0.1) is 11.6 Å². The van der Waals surface area contributed by atoms with E-state index in [1.54, 1.807) is 0 Å². The third-order valence-corrected chi connectivity index (χ3v) is 7.12. The van der Waals surface area contributed by atoms with Crippen molar-refractivity contribution in [2.24, 2.45) is 7.05 Å². The molecule has 0 spiro atoms. The molecule has 0 aliphatic heterocycles. The van der Waals surface area contributed by atoms with Gasteiger partial charge < -0.3 is 19.1 Å². The molecule has 0 unspecified atom stereocenters. The number of aromatic nitrogens is 3. The van der Waals surface area contributed by atoms with E-state index in [4.69, 9.17) is 14.6 Å². The highest BCUT2D eigenvalue weighted by Crippen LogP contribution is 2.32. The van der Waals surface area contributed by atoms with Crippen LogP contribution in [0.25, 0.3) is 32.9 Å². The van der Waals surface area contributed by atoms with Crippen molar-refractivity contribution in [3.05, 3.63) is 55.0 Å². The van der Waals surface area contributed by atoms with Gasteiger partial charge in [0.2, 0.25) is 5.88 Å². The number of aliphatic hydroxyl groups excluding tert-OH is 1. The van der Waals surface area contributed by atoms with Crippen LogP contribution in [0, 0.1) is 0 Å². The van der Waals surface area contributed by atoms with Crippen LogP contribution in [0.1, 0.15) is 51.4 Å². The fourth-order valence-corrected chi connectivity index (χ4v) is 4.95. The minimum Gasteiger partial charge on any atom is -0.474 e. The van der Waals surface area contributed by atoms with Crippen LogP contribution in [0.3, 0.4) is 0 Å². The molecule has 6 heteroatoms. The van der Waals surface area contributed by atoms with Gasteiger partial charge in [0, 0.05) is 79.6 Å². The number of hydrogen-bond acceptors (Lipinski definition) is 5. The second-order valence-corrected chi connectivity index (χ2v) is 9.62. The maximum Gasteiger partial charge on any atom is 0.213 e. The fourth-order valence-electron chi connectivity index (χ4n) is 4.95. The Balaban J connectivity index is 1.09. The number of unbranched alkanes of at least 4 members (excludes halogenated alkanes) is 5. The largest absolute Gasteiger partial charge is 0.474 e. The molecule has 5 rings (SSSR count). The molecular formula is C29H35N3O3. The SMILES string of the molecule is Cn1c2ccncc2c2ccc(-c3ccc(O[C@H]4C[C@H](OCCCCCCCCO)C4)nc3)cc21. The van der Waals surface area contributed by atoms with E-state index >= 15 is 0 Å². The fraction of sp³-hybridized carbons (Fsp3) is 0.448. The Bertz CT molecular complexity index is 1250. The molecule has 3 aromatic heterocycles. The van der Waals surface area contributed by atoms with Crippen molar-refractivity contribution in [2.45, 2.75) is 63.6 Å². The summed E-state index contributed by atoms with van der Waals surface area (Å²) in [5, 5.41) is 11.2. The molecule has 184 valence electrons. The lowest BCUT2D eigenvalue weighted by Gasteiger charge is -2.34. The zero-order chi connectivity index (χ0) is 24.0. The predicted molar refractivity (Wildman–Crippen MR) is 140 cm³/mol. The Morgan fingerprint density at radius 3 is 2.46 bits per heavy atom. The number of aliphatic hydroxyl groups is 1. The van der Waals surface area contributed by atoms with Gasteiger partial charge in [-0.25, -0.2) is 4.98 Å². The summed E-state index contributed by atoms with van der Waals surface area (Å²) in [7, 11) is 2.10. The molecule has 6 nitrogen and oxygen atoms in total. The van der Waals surface area contributed by atoms with Crippen molar-refractivity contribution in [2.75, 3.05) is 13.2 Å². The quantitative estimate of drug-likeness (QED) is 0.254. The number of hydrogen-bond donors (Lipinski definition) is 1. The van der Waals surface area contributed by atoms with E-state index < -0.39 is 0 Å². The molecule has 3 heterocycles. The summed E-state index contributed by atoms with van der Waals surface area (Å²) in [6.07, 6.45) is 14.9. The van der Waals surface area contributed by atoms with Crippen LogP contribution in [0.15, 0.2) is 55.0 Å². The molecule has 1 N–H and O–H groups in total. The van der Waals surface area contributed by atoms with Crippen LogP contribution in [-0.4, -0.2) is 45.1 Å². The molecule has 1 fully saturated rings. The number of aryl methyl sites for hydroxylation is 1. The van der Waals surface area contributed by atoms with Crippen molar-refractivity contribution in [3.63, 3.8) is 0 Å². The van der Waals surface area contributed by atoms with Gasteiger partial charge in [-0.2, -0.15) is 0 Å². The number of ether oxygens (including phenoxy) is 2. The number of benzene rings is 1. The summed E-state index contributed by atoms with van der Waals surface area (Å²) < 4.78 is 14.2.